The third kappa shape index (κ3) is 5.47. The number of carbonyl (C=O) groups is 3. The zero-order valence-corrected chi connectivity index (χ0v) is 15.0. The Kier molecular flexibility index (Phi) is 8.18. The van der Waals surface area contributed by atoms with Gasteiger partial charge < -0.3 is 15.2 Å². The number of carboxylic acids is 1. The molecule has 0 aromatic rings. The Bertz CT molecular complexity index is 450. The minimum absolute atomic E-state index is 0.178. The summed E-state index contributed by atoms with van der Waals surface area (Å²) >= 11 is 0. The Morgan fingerprint density at radius 2 is 1.88 bits per heavy atom. The number of esters is 1. The Morgan fingerprint density at radius 3 is 2.33 bits per heavy atom. The standard InChI is InChI=1S/C17H30N2O5/c1-5-11(6-2)8-13(18-10(4)20)15-12(17(23)24-7-3)9-14(19-15)16(21)22/h11-15,19H,5-9H2,1-4H3,(H,18,20)(H,21,22)/t12-,13+,14-,15-/m1/s1. The van der Waals surface area contributed by atoms with Gasteiger partial charge >= 0.3 is 11.9 Å². The molecule has 0 radical (unpaired) electrons. The molecule has 0 saturated carbocycles. The van der Waals surface area contributed by atoms with Crippen LogP contribution in [0.5, 0.6) is 0 Å². The zero-order chi connectivity index (χ0) is 18.3. The topological polar surface area (TPSA) is 105 Å². The first kappa shape index (κ1) is 20.4. The van der Waals surface area contributed by atoms with Crippen LogP contribution in [0, 0.1) is 11.8 Å². The summed E-state index contributed by atoms with van der Waals surface area (Å²) in [4.78, 5) is 35.2. The molecule has 1 rings (SSSR count). The van der Waals surface area contributed by atoms with Crippen molar-refractivity contribution in [2.45, 2.75) is 71.5 Å². The van der Waals surface area contributed by atoms with Gasteiger partial charge in [0.25, 0.3) is 0 Å². The van der Waals surface area contributed by atoms with Crippen molar-refractivity contribution in [2.24, 2.45) is 11.8 Å². The molecule has 1 fully saturated rings. The molecule has 3 N–H and O–H groups in total. The summed E-state index contributed by atoms with van der Waals surface area (Å²) in [7, 11) is 0. The first-order valence-corrected chi connectivity index (χ1v) is 8.76. The zero-order valence-electron chi connectivity index (χ0n) is 15.0. The van der Waals surface area contributed by atoms with Crippen LogP contribution >= 0.6 is 0 Å². The second-order valence-electron chi connectivity index (χ2n) is 6.40. The molecule has 0 aliphatic carbocycles. The minimum atomic E-state index is -0.990. The van der Waals surface area contributed by atoms with Gasteiger partial charge in [-0.05, 0) is 25.7 Å². The fourth-order valence-electron chi connectivity index (χ4n) is 3.42. The molecule has 1 amide bonds. The Hall–Kier alpha value is -1.63. The minimum Gasteiger partial charge on any atom is -0.480 e. The third-order valence-electron chi connectivity index (χ3n) is 4.77. The SMILES string of the molecule is CCOC(=O)[C@@H]1C[C@H](C(=O)O)N[C@H]1[C@H](CC(CC)CC)NC(C)=O. The number of hydrogen-bond donors (Lipinski definition) is 3. The van der Waals surface area contributed by atoms with Crippen LogP contribution in [0.2, 0.25) is 0 Å². The van der Waals surface area contributed by atoms with Gasteiger partial charge in [0.05, 0.1) is 12.5 Å². The van der Waals surface area contributed by atoms with Crippen LogP contribution in [-0.2, 0) is 19.1 Å². The molecule has 7 nitrogen and oxygen atoms in total. The van der Waals surface area contributed by atoms with Gasteiger partial charge in [0.2, 0.25) is 5.91 Å². The molecule has 24 heavy (non-hydrogen) atoms. The van der Waals surface area contributed by atoms with Gasteiger partial charge in [-0.2, -0.15) is 0 Å². The molecule has 138 valence electrons. The Morgan fingerprint density at radius 1 is 1.25 bits per heavy atom. The van der Waals surface area contributed by atoms with Gasteiger partial charge in [-0.25, -0.2) is 0 Å². The van der Waals surface area contributed by atoms with Gasteiger partial charge in [-0.1, -0.05) is 26.7 Å². The Balaban J connectivity index is 3.01. The van der Waals surface area contributed by atoms with E-state index in [1.165, 1.54) is 6.92 Å². The highest BCUT2D eigenvalue weighted by Crippen LogP contribution is 2.28. The van der Waals surface area contributed by atoms with Crippen molar-refractivity contribution in [3.8, 4) is 0 Å². The predicted molar refractivity (Wildman–Crippen MR) is 89.4 cm³/mol. The van der Waals surface area contributed by atoms with Crippen LogP contribution in [0.15, 0.2) is 0 Å². The van der Waals surface area contributed by atoms with Crippen LogP contribution < -0.4 is 10.6 Å². The second kappa shape index (κ2) is 9.61. The van der Waals surface area contributed by atoms with Crippen molar-refractivity contribution in [3.05, 3.63) is 0 Å². The first-order chi connectivity index (χ1) is 11.3. The lowest BCUT2D eigenvalue weighted by atomic mass is 9.86. The van der Waals surface area contributed by atoms with Crippen molar-refractivity contribution in [1.82, 2.24) is 10.6 Å². The van der Waals surface area contributed by atoms with E-state index < -0.39 is 29.9 Å². The van der Waals surface area contributed by atoms with Gasteiger partial charge in [-0.3, -0.25) is 19.7 Å². The summed E-state index contributed by atoms with van der Waals surface area (Å²) < 4.78 is 5.11. The molecule has 1 aliphatic heterocycles. The van der Waals surface area contributed by atoms with Crippen LogP contribution in [0.25, 0.3) is 0 Å². The maximum atomic E-state index is 12.3. The number of carboxylic acid groups (broad SMARTS) is 1. The smallest absolute Gasteiger partial charge is 0.320 e. The molecule has 0 aromatic carbocycles. The summed E-state index contributed by atoms with van der Waals surface area (Å²) in [6.45, 7) is 7.58. The molecular formula is C17H30N2O5. The molecule has 0 spiro atoms. The van der Waals surface area contributed by atoms with Crippen LogP contribution in [-0.4, -0.2) is 47.7 Å². The molecule has 0 unspecified atom stereocenters. The summed E-state index contributed by atoms with van der Waals surface area (Å²) in [5.41, 5.74) is 0. The van der Waals surface area contributed by atoms with Crippen molar-refractivity contribution >= 4 is 17.8 Å². The van der Waals surface area contributed by atoms with Gasteiger partial charge in [0.15, 0.2) is 0 Å². The number of nitrogens with one attached hydrogen (secondary N) is 2. The Labute approximate surface area is 143 Å². The lowest BCUT2D eigenvalue weighted by Crippen LogP contribution is -2.53. The van der Waals surface area contributed by atoms with E-state index in [9.17, 15) is 19.5 Å². The number of rotatable bonds is 9. The summed E-state index contributed by atoms with van der Waals surface area (Å²) in [6, 6.07) is -1.54. The van der Waals surface area contributed by atoms with E-state index >= 15 is 0 Å². The maximum Gasteiger partial charge on any atom is 0.320 e. The average molecular weight is 342 g/mol. The summed E-state index contributed by atoms with van der Waals surface area (Å²) in [5.74, 6) is -1.75. The highest BCUT2D eigenvalue weighted by molar-refractivity contribution is 5.80. The first-order valence-electron chi connectivity index (χ1n) is 8.76. The fraction of sp³-hybridized carbons (Fsp3) is 0.824. The van der Waals surface area contributed by atoms with E-state index in [0.29, 0.717) is 12.3 Å². The summed E-state index contributed by atoms with van der Waals surface area (Å²) in [5, 5.41) is 15.2. The molecule has 0 aromatic heterocycles. The molecule has 1 aliphatic rings. The third-order valence-corrected chi connectivity index (χ3v) is 4.77. The van der Waals surface area contributed by atoms with Crippen LogP contribution in [0.3, 0.4) is 0 Å². The van der Waals surface area contributed by atoms with Crippen molar-refractivity contribution < 1.29 is 24.2 Å². The van der Waals surface area contributed by atoms with Gasteiger partial charge in [0.1, 0.15) is 6.04 Å². The largest absolute Gasteiger partial charge is 0.480 e. The normalized spacial score (nSPS) is 24.6. The van der Waals surface area contributed by atoms with Crippen LogP contribution in [0.1, 0.15) is 53.4 Å². The fourth-order valence-corrected chi connectivity index (χ4v) is 3.42. The average Bonchev–Trinajstić information content (AvgIpc) is 2.96. The van der Waals surface area contributed by atoms with Crippen LogP contribution in [0.4, 0.5) is 0 Å². The number of carbonyl (C=O) groups excluding carboxylic acids is 2. The molecule has 7 heteroatoms. The number of aliphatic carboxylic acids is 1. The van der Waals surface area contributed by atoms with E-state index in [1.54, 1.807) is 6.92 Å². The van der Waals surface area contributed by atoms with Crippen molar-refractivity contribution in [3.63, 3.8) is 0 Å². The van der Waals surface area contributed by atoms with E-state index in [4.69, 9.17) is 4.74 Å². The molecule has 1 saturated heterocycles. The monoisotopic (exact) mass is 342 g/mol. The highest BCUT2D eigenvalue weighted by Gasteiger charge is 2.46. The number of hydrogen-bond acceptors (Lipinski definition) is 5. The maximum absolute atomic E-state index is 12.3. The van der Waals surface area contributed by atoms with E-state index in [2.05, 4.69) is 24.5 Å². The molecule has 4 atom stereocenters. The van der Waals surface area contributed by atoms with E-state index in [-0.39, 0.29) is 25.0 Å². The van der Waals surface area contributed by atoms with E-state index in [0.717, 1.165) is 12.8 Å². The van der Waals surface area contributed by atoms with Crippen molar-refractivity contribution in [1.29, 1.82) is 0 Å². The number of ether oxygens (including phenoxy) is 1. The highest BCUT2D eigenvalue weighted by atomic mass is 16.5. The molecule has 0 bridgehead atoms. The van der Waals surface area contributed by atoms with E-state index in [1.807, 2.05) is 0 Å². The predicted octanol–water partition coefficient (Wildman–Crippen LogP) is 1.31. The van der Waals surface area contributed by atoms with Gasteiger partial charge in [0, 0.05) is 19.0 Å². The number of amides is 1. The lowest BCUT2D eigenvalue weighted by molar-refractivity contribution is -0.148. The molecule has 1 heterocycles. The molecular weight excluding hydrogens is 312 g/mol. The summed E-state index contributed by atoms with van der Waals surface area (Å²) in [6.07, 6.45) is 2.81. The lowest BCUT2D eigenvalue weighted by Gasteiger charge is -2.31. The second-order valence-corrected chi connectivity index (χ2v) is 6.40. The van der Waals surface area contributed by atoms with Crippen molar-refractivity contribution in [2.75, 3.05) is 6.61 Å². The quantitative estimate of drug-likeness (QED) is 0.546. The van der Waals surface area contributed by atoms with Gasteiger partial charge in [-0.15, -0.1) is 0 Å².